The first-order valence-corrected chi connectivity index (χ1v) is 4.41. The number of nitrogens with zero attached hydrogens (tertiary/aromatic N) is 1. The van der Waals surface area contributed by atoms with Gasteiger partial charge >= 0.3 is 0 Å². The van der Waals surface area contributed by atoms with Crippen molar-refractivity contribution >= 4 is 21.7 Å². The van der Waals surface area contributed by atoms with E-state index in [0.29, 0.717) is 11.3 Å². The van der Waals surface area contributed by atoms with Crippen LogP contribution >= 0.6 is 15.9 Å². The monoisotopic (exact) mass is 237 g/mol. The molecule has 1 rings (SSSR count). The Hall–Kier alpha value is -1.27. The summed E-state index contributed by atoms with van der Waals surface area (Å²) in [6.45, 7) is 3.70. The summed E-state index contributed by atoms with van der Waals surface area (Å²) >= 11 is 3.27. The molecule has 0 fully saturated rings. The number of methoxy groups -OCH3 is 1. The Kier molecular flexibility index (Phi) is 3.10. The molecule has 0 saturated heterocycles. The van der Waals surface area contributed by atoms with Crippen LogP contribution < -0.4 is 0 Å². The normalized spacial score (nSPS) is 9.00. The van der Waals surface area contributed by atoms with Gasteiger partial charge in [-0.05, 0) is 28.1 Å². The molecule has 0 unspecified atom stereocenters. The Morgan fingerprint density at radius 1 is 1.62 bits per heavy atom. The maximum Gasteiger partial charge on any atom is 0.118 e. The number of ether oxygens (including phenoxy) is 1. The van der Waals surface area contributed by atoms with Crippen molar-refractivity contribution in [2.75, 3.05) is 7.11 Å². The Labute approximate surface area is 85.6 Å². The summed E-state index contributed by atoms with van der Waals surface area (Å²) in [5.74, 6) is 0.559. The van der Waals surface area contributed by atoms with Gasteiger partial charge in [0.2, 0.25) is 0 Å². The number of hydrogen-bond acceptors (Lipinski definition) is 2. The molecule has 0 heterocycles. The van der Waals surface area contributed by atoms with Crippen LogP contribution in [0.15, 0.2) is 29.3 Å². The van der Waals surface area contributed by atoms with E-state index in [1.807, 2.05) is 6.07 Å². The van der Waals surface area contributed by atoms with Gasteiger partial charge < -0.3 is 4.74 Å². The van der Waals surface area contributed by atoms with E-state index in [1.54, 1.807) is 19.2 Å². The molecule has 66 valence electrons. The van der Waals surface area contributed by atoms with E-state index in [-0.39, 0.29) is 0 Å². The maximum atomic E-state index is 8.75. The Bertz CT molecular complexity index is 379. The molecule has 13 heavy (non-hydrogen) atoms. The van der Waals surface area contributed by atoms with E-state index < -0.39 is 0 Å². The predicted octanol–water partition coefficient (Wildman–Crippen LogP) is 2.94. The second kappa shape index (κ2) is 4.11. The molecule has 0 bridgehead atoms. The first-order chi connectivity index (χ1) is 6.19. The second-order valence-corrected chi connectivity index (χ2v) is 3.29. The quantitative estimate of drug-likeness (QED) is 0.742. The van der Waals surface area contributed by atoms with Crippen molar-refractivity contribution < 1.29 is 4.74 Å². The number of hydrogen-bond donors (Lipinski definition) is 0. The van der Waals surface area contributed by atoms with Crippen LogP contribution in [0.4, 0.5) is 0 Å². The molecule has 0 N–H and O–H groups in total. The van der Waals surface area contributed by atoms with E-state index >= 15 is 0 Å². The van der Waals surface area contributed by atoms with E-state index in [9.17, 15) is 0 Å². The zero-order valence-corrected chi connectivity index (χ0v) is 8.76. The van der Waals surface area contributed by atoms with Gasteiger partial charge in [-0.2, -0.15) is 5.26 Å². The minimum atomic E-state index is 0.559. The number of benzene rings is 1. The lowest BCUT2D eigenvalue weighted by atomic mass is 10.1. The minimum Gasteiger partial charge on any atom is -0.497 e. The van der Waals surface area contributed by atoms with Gasteiger partial charge in [0, 0.05) is 10.0 Å². The maximum absolute atomic E-state index is 8.75. The summed E-state index contributed by atoms with van der Waals surface area (Å²) in [6, 6.07) is 7.45. The second-order valence-electron chi connectivity index (χ2n) is 2.43. The molecule has 0 aliphatic rings. The molecular formula is C10H8BrNO. The molecule has 0 aliphatic heterocycles. The van der Waals surface area contributed by atoms with Crippen LogP contribution in [0, 0.1) is 11.3 Å². The molecule has 0 amide bonds. The molecular weight excluding hydrogens is 230 g/mol. The van der Waals surface area contributed by atoms with Crippen LogP contribution in [-0.4, -0.2) is 7.11 Å². The van der Waals surface area contributed by atoms with Crippen molar-refractivity contribution in [2.24, 2.45) is 0 Å². The Morgan fingerprint density at radius 3 is 2.85 bits per heavy atom. The highest BCUT2D eigenvalue weighted by atomic mass is 79.9. The molecule has 3 heteroatoms. The van der Waals surface area contributed by atoms with Crippen molar-refractivity contribution in [2.45, 2.75) is 0 Å². The summed E-state index contributed by atoms with van der Waals surface area (Å²) in [7, 11) is 1.55. The molecule has 2 nitrogen and oxygen atoms in total. The third-order valence-electron chi connectivity index (χ3n) is 1.66. The largest absolute Gasteiger partial charge is 0.497 e. The number of rotatable bonds is 2. The average Bonchev–Trinajstić information content (AvgIpc) is 2.17. The van der Waals surface area contributed by atoms with Gasteiger partial charge in [-0.15, -0.1) is 0 Å². The third-order valence-corrected chi connectivity index (χ3v) is 2.35. The highest BCUT2D eigenvalue weighted by Crippen LogP contribution is 2.21. The van der Waals surface area contributed by atoms with Crippen LogP contribution in [0.1, 0.15) is 11.1 Å². The van der Waals surface area contributed by atoms with Crippen molar-refractivity contribution in [1.29, 1.82) is 5.26 Å². The van der Waals surface area contributed by atoms with Crippen LogP contribution in [0.2, 0.25) is 0 Å². The first kappa shape index (κ1) is 9.82. The molecule has 0 spiro atoms. The smallest absolute Gasteiger partial charge is 0.118 e. The van der Waals surface area contributed by atoms with Crippen LogP contribution in [0.5, 0.6) is 0 Å². The lowest BCUT2D eigenvalue weighted by molar-refractivity contribution is 0.371. The van der Waals surface area contributed by atoms with Gasteiger partial charge in [0.25, 0.3) is 0 Å². The first-order valence-electron chi connectivity index (χ1n) is 3.62. The van der Waals surface area contributed by atoms with Crippen molar-refractivity contribution in [3.63, 3.8) is 0 Å². The summed E-state index contributed by atoms with van der Waals surface area (Å²) < 4.78 is 5.74. The van der Waals surface area contributed by atoms with E-state index in [0.717, 1.165) is 10.0 Å². The van der Waals surface area contributed by atoms with Gasteiger partial charge in [0.1, 0.15) is 11.8 Å². The SMILES string of the molecule is C=C(OC)c1ccc(Br)c(C#N)c1. The lowest BCUT2D eigenvalue weighted by Gasteiger charge is -2.04. The summed E-state index contributed by atoms with van der Waals surface area (Å²) in [5.41, 5.74) is 1.40. The lowest BCUT2D eigenvalue weighted by Crippen LogP contribution is -1.87. The molecule has 0 aliphatic carbocycles. The summed E-state index contributed by atoms with van der Waals surface area (Å²) in [4.78, 5) is 0. The molecule has 0 atom stereocenters. The van der Waals surface area contributed by atoms with Crippen LogP contribution in [0.25, 0.3) is 5.76 Å². The van der Waals surface area contributed by atoms with Gasteiger partial charge in [-0.25, -0.2) is 0 Å². The van der Waals surface area contributed by atoms with Gasteiger partial charge in [0.15, 0.2) is 0 Å². The predicted molar refractivity (Wildman–Crippen MR) is 54.9 cm³/mol. The molecule has 0 aromatic heterocycles. The zero-order valence-electron chi connectivity index (χ0n) is 7.17. The highest BCUT2D eigenvalue weighted by molar-refractivity contribution is 9.10. The Balaban J connectivity index is 3.15. The highest BCUT2D eigenvalue weighted by Gasteiger charge is 2.03. The van der Waals surface area contributed by atoms with Gasteiger partial charge in [0.05, 0.1) is 12.7 Å². The number of nitriles is 1. The van der Waals surface area contributed by atoms with Crippen molar-refractivity contribution in [1.82, 2.24) is 0 Å². The van der Waals surface area contributed by atoms with Crippen molar-refractivity contribution in [3.8, 4) is 6.07 Å². The fourth-order valence-electron chi connectivity index (χ4n) is 0.902. The van der Waals surface area contributed by atoms with Crippen LogP contribution in [0.3, 0.4) is 0 Å². The molecule has 0 saturated carbocycles. The Morgan fingerprint density at radius 2 is 2.31 bits per heavy atom. The molecule has 1 aromatic rings. The van der Waals surface area contributed by atoms with E-state index in [4.69, 9.17) is 10.00 Å². The van der Waals surface area contributed by atoms with E-state index in [1.165, 1.54) is 0 Å². The third kappa shape index (κ3) is 2.10. The summed E-state index contributed by atoms with van der Waals surface area (Å²) in [5, 5.41) is 8.75. The summed E-state index contributed by atoms with van der Waals surface area (Å²) in [6.07, 6.45) is 0. The fraction of sp³-hybridized carbons (Fsp3) is 0.100. The van der Waals surface area contributed by atoms with Crippen molar-refractivity contribution in [3.05, 3.63) is 40.4 Å². The van der Waals surface area contributed by atoms with Gasteiger partial charge in [-0.3, -0.25) is 0 Å². The van der Waals surface area contributed by atoms with E-state index in [2.05, 4.69) is 28.6 Å². The standard InChI is InChI=1S/C10H8BrNO/c1-7(13-2)8-3-4-10(11)9(5-8)6-12/h3-5H,1H2,2H3. The average molecular weight is 238 g/mol. The fourth-order valence-corrected chi connectivity index (χ4v) is 1.24. The number of halogens is 1. The molecule has 1 aromatic carbocycles. The minimum absolute atomic E-state index is 0.559. The zero-order chi connectivity index (χ0) is 9.84. The van der Waals surface area contributed by atoms with Gasteiger partial charge in [-0.1, -0.05) is 12.6 Å². The topological polar surface area (TPSA) is 33.0 Å². The molecule has 0 radical (unpaired) electrons. The van der Waals surface area contributed by atoms with Crippen LogP contribution in [-0.2, 0) is 4.74 Å².